The Labute approximate surface area is 112 Å². The molecular weight excluding hydrogens is 244 g/mol. The van der Waals surface area contributed by atoms with Crippen LogP contribution < -0.4 is 11.1 Å². The molecule has 1 saturated carbocycles. The number of hydrogen-bond acceptors (Lipinski definition) is 3. The Morgan fingerprint density at radius 2 is 2.28 bits per heavy atom. The Morgan fingerprint density at radius 1 is 1.50 bits per heavy atom. The normalized spacial score (nSPS) is 15.2. The highest BCUT2D eigenvalue weighted by atomic mass is 32.1. The molecule has 1 aliphatic carbocycles. The lowest BCUT2D eigenvalue weighted by Gasteiger charge is -2.09. The summed E-state index contributed by atoms with van der Waals surface area (Å²) in [5.41, 5.74) is 6.02. The predicted octanol–water partition coefficient (Wildman–Crippen LogP) is 1.98. The van der Waals surface area contributed by atoms with Crippen molar-refractivity contribution in [3.05, 3.63) is 21.9 Å². The van der Waals surface area contributed by atoms with Crippen molar-refractivity contribution in [1.29, 1.82) is 0 Å². The van der Waals surface area contributed by atoms with E-state index in [1.165, 1.54) is 37.0 Å². The van der Waals surface area contributed by atoms with Crippen LogP contribution in [0.3, 0.4) is 0 Å². The van der Waals surface area contributed by atoms with E-state index in [0.29, 0.717) is 18.0 Å². The van der Waals surface area contributed by atoms with Gasteiger partial charge < -0.3 is 11.1 Å². The van der Waals surface area contributed by atoms with Gasteiger partial charge in [-0.15, -0.1) is 11.3 Å². The highest BCUT2D eigenvalue weighted by Crippen LogP contribution is 2.23. The number of nitrogens with two attached hydrogens (primary N) is 1. The topological polar surface area (TPSA) is 55.1 Å². The third kappa shape index (κ3) is 3.59. The number of thiophene rings is 1. The van der Waals surface area contributed by atoms with Crippen LogP contribution in [0.25, 0.3) is 0 Å². The van der Waals surface area contributed by atoms with Crippen LogP contribution in [0.4, 0.5) is 0 Å². The lowest BCUT2D eigenvalue weighted by atomic mass is 10.1. The quantitative estimate of drug-likeness (QED) is 0.818. The van der Waals surface area contributed by atoms with Gasteiger partial charge >= 0.3 is 0 Å². The van der Waals surface area contributed by atoms with Crippen LogP contribution in [0.15, 0.2) is 11.4 Å². The molecule has 0 unspecified atom stereocenters. The first-order valence-corrected chi connectivity index (χ1v) is 7.23. The zero-order chi connectivity index (χ0) is 12.8. The molecule has 3 nitrogen and oxygen atoms in total. The number of carbonyl (C=O) groups excluding carboxylic acids is 1. The van der Waals surface area contributed by atoms with Gasteiger partial charge in [-0.25, -0.2) is 0 Å². The molecule has 1 aromatic rings. The van der Waals surface area contributed by atoms with Crippen molar-refractivity contribution < 1.29 is 4.79 Å². The highest BCUT2D eigenvalue weighted by Gasteiger charge is 2.16. The molecule has 0 aromatic carbocycles. The Bertz CT molecular complexity index is 464. The molecule has 4 heteroatoms. The van der Waals surface area contributed by atoms with E-state index >= 15 is 0 Å². The van der Waals surface area contributed by atoms with E-state index in [1.807, 2.05) is 11.4 Å². The third-order valence-electron chi connectivity index (χ3n) is 3.20. The molecule has 2 rings (SSSR count). The Balaban J connectivity index is 1.86. The van der Waals surface area contributed by atoms with E-state index < -0.39 is 0 Å². The van der Waals surface area contributed by atoms with Gasteiger partial charge in [-0.3, -0.25) is 4.79 Å². The standard InChI is InChI=1S/C14H18N2OS/c15-7-3-6-13-8-12(10-18-13)14(17)16-9-11-4-1-2-5-11/h8,10-11H,1-2,4-5,7,9,15H2,(H,16,17). The van der Waals surface area contributed by atoms with Crippen molar-refractivity contribution in [3.63, 3.8) is 0 Å². The molecule has 1 heterocycles. The zero-order valence-electron chi connectivity index (χ0n) is 10.4. The van der Waals surface area contributed by atoms with Gasteiger partial charge in [0.1, 0.15) is 0 Å². The summed E-state index contributed by atoms with van der Waals surface area (Å²) in [5, 5.41) is 4.86. The molecule has 3 N–H and O–H groups in total. The summed E-state index contributed by atoms with van der Waals surface area (Å²) in [6.07, 6.45) is 5.10. The first-order valence-electron chi connectivity index (χ1n) is 6.35. The van der Waals surface area contributed by atoms with Crippen molar-refractivity contribution in [1.82, 2.24) is 5.32 Å². The summed E-state index contributed by atoms with van der Waals surface area (Å²) in [6, 6.07) is 1.83. The van der Waals surface area contributed by atoms with E-state index in [4.69, 9.17) is 5.73 Å². The van der Waals surface area contributed by atoms with Crippen molar-refractivity contribution >= 4 is 17.2 Å². The summed E-state index contributed by atoms with van der Waals surface area (Å²) >= 11 is 1.49. The van der Waals surface area contributed by atoms with Gasteiger partial charge in [0.15, 0.2) is 0 Å². The third-order valence-corrected chi connectivity index (χ3v) is 4.05. The monoisotopic (exact) mass is 262 g/mol. The van der Waals surface area contributed by atoms with E-state index in [-0.39, 0.29) is 5.91 Å². The highest BCUT2D eigenvalue weighted by molar-refractivity contribution is 7.10. The van der Waals surface area contributed by atoms with Gasteiger partial charge in [0, 0.05) is 11.9 Å². The second kappa shape index (κ2) is 6.58. The number of rotatable bonds is 3. The minimum Gasteiger partial charge on any atom is -0.352 e. The fourth-order valence-electron chi connectivity index (χ4n) is 2.21. The van der Waals surface area contributed by atoms with E-state index in [1.54, 1.807) is 0 Å². The molecule has 1 aliphatic rings. The molecular formula is C14H18N2OS. The Kier molecular flexibility index (Phi) is 4.80. The van der Waals surface area contributed by atoms with Gasteiger partial charge in [0.05, 0.1) is 17.0 Å². The first-order chi connectivity index (χ1) is 8.79. The zero-order valence-corrected chi connectivity index (χ0v) is 11.2. The average molecular weight is 262 g/mol. The van der Waals surface area contributed by atoms with Gasteiger partial charge in [0.2, 0.25) is 0 Å². The van der Waals surface area contributed by atoms with Crippen molar-refractivity contribution in [2.24, 2.45) is 11.7 Å². The Morgan fingerprint density at radius 3 is 3.00 bits per heavy atom. The van der Waals surface area contributed by atoms with Gasteiger partial charge in [-0.2, -0.15) is 0 Å². The number of amides is 1. The van der Waals surface area contributed by atoms with Crippen LogP contribution in [0.5, 0.6) is 0 Å². The molecule has 0 spiro atoms. The number of carbonyl (C=O) groups is 1. The average Bonchev–Trinajstić information content (AvgIpc) is 3.04. The second-order valence-electron chi connectivity index (χ2n) is 4.57. The lowest BCUT2D eigenvalue weighted by molar-refractivity contribution is 0.0948. The summed E-state index contributed by atoms with van der Waals surface area (Å²) in [5.74, 6) is 6.41. The van der Waals surface area contributed by atoms with Crippen LogP contribution >= 0.6 is 11.3 Å². The molecule has 0 saturated heterocycles. The van der Waals surface area contributed by atoms with E-state index in [9.17, 15) is 4.79 Å². The van der Waals surface area contributed by atoms with E-state index in [2.05, 4.69) is 17.2 Å². The fourth-order valence-corrected chi connectivity index (χ4v) is 2.97. The Hall–Kier alpha value is -1.31. The van der Waals surface area contributed by atoms with Gasteiger partial charge in [-0.05, 0) is 24.8 Å². The first kappa shape index (κ1) is 13.1. The number of nitrogens with one attached hydrogen (secondary N) is 1. The van der Waals surface area contributed by atoms with Crippen LogP contribution in [0.2, 0.25) is 0 Å². The van der Waals surface area contributed by atoms with Crippen LogP contribution in [-0.4, -0.2) is 19.0 Å². The summed E-state index contributed by atoms with van der Waals surface area (Å²) in [7, 11) is 0. The summed E-state index contributed by atoms with van der Waals surface area (Å²) < 4.78 is 0. The minimum absolute atomic E-state index is 0.0129. The number of hydrogen-bond donors (Lipinski definition) is 2. The molecule has 96 valence electrons. The van der Waals surface area contributed by atoms with E-state index in [0.717, 1.165) is 11.4 Å². The smallest absolute Gasteiger partial charge is 0.252 e. The fraction of sp³-hybridized carbons (Fsp3) is 0.500. The van der Waals surface area contributed by atoms with Crippen LogP contribution in [0.1, 0.15) is 40.9 Å². The van der Waals surface area contributed by atoms with Crippen molar-refractivity contribution in [3.8, 4) is 11.8 Å². The maximum absolute atomic E-state index is 11.9. The molecule has 1 amide bonds. The SMILES string of the molecule is NCC#Cc1cc(C(=O)NCC2CCCC2)cs1. The minimum atomic E-state index is 0.0129. The largest absolute Gasteiger partial charge is 0.352 e. The maximum atomic E-state index is 11.9. The van der Waals surface area contributed by atoms with Gasteiger partial charge in [0.25, 0.3) is 5.91 Å². The van der Waals surface area contributed by atoms with Crippen molar-refractivity contribution in [2.45, 2.75) is 25.7 Å². The molecule has 0 aliphatic heterocycles. The summed E-state index contributed by atoms with van der Waals surface area (Å²) in [4.78, 5) is 12.8. The molecule has 1 aromatic heterocycles. The molecule has 0 radical (unpaired) electrons. The predicted molar refractivity (Wildman–Crippen MR) is 74.5 cm³/mol. The summed E-state index contributed by atoms with van der Waals surface area (Å²) in [6.45, 7) is 1.15. The lowest BCUT2D eigenvalue weighted by Crippen LogP contribution is -2.27. The van der Waals surface area contributed by atoms with Crippen molar-refractivity contribution in [2.75, 3.05) is 13.1 Å². The molecule has 18 heavy (non-hydrogen) atoms. The maximum Gasteiger partial charge on any atom is 0.252 e. The molecule has 0 atom stereocenters. The van der Waals surface area contributed by atoms with Crippen LogP contribution in [-0.2, 0) is 0 Å². The molecule has 0 bridgehead atoms. The van der Waals surface area contributed by atoms with Crippen LogP contribution in [0, 0.1) is 17.8 Å². The van der Waals surface area contributed by atoms with Gasteiger partial charge in [-0.1, -0.05) is 24.7 Å². The molecule has 1 fully saturated rings. The second-order valence-corrected chi connectivity index (χ2v) is 5.48.